The SMILES string of the molecule is O=C(O)CC1CCC(Oc2ccc(-c3ccc(-c4nc5ccc(F)cc5[nH]4)cn3)cn2)CC1. The lowest BCUT2D eigenvalue weighted by atomic mass is 9.85. The number of H-pyrrole nitrogens is 1. The van der Waals surface area contributed by atoms with Crippen LogP contribution in [-0.2, 0) is 4.79 Å². The number of fused-ring (bicyclic) bond motifs is 1. The number of aromatic nitrogens is 4. The summed E-state index contributed by atoms with van der Waals surface area (Å²) in [5, 5.41) is 8.94. The average molecular weight is 446 g/mol. The molecule has 5 rings (SSSR count). The van der Waals surface area contributed by atoms with Crippen LogP contribution in [0.25, 0.3) is 33.7 Å². The van der Waals surface area contributed by atoms with E-state index in [1.807, 2.05) is 24.3 Å². The molecule has 0 bridgehead atoms. The summed E-state index contributed by atoms with van der Waals surface area (Å²) in [7, 11) is 0. The Morgan fingerprint density at radius 2 is 1.82 bits per heavy atom. The van der Waals surface area contributed by atoms with Gasteiger partial charge in [-0.25, -0.2) is 14.4 Å². The number of hydrogen-bond donors (Lipinski definition) is 2. The lowest BCUT2D eigenvalue weighted by Crippen LogP contribution is -2.25. The Morgan fingerprint density at radius 1 is 1.03 bits per heavy atom. The molecule has 7 nitrogen and oxygen atoms in total. The summed E-state index contributed by atoms with van der Waals surface area (Å²) in [6, 6.07) is 12.0. The second-order valence-corrected chi connectivity index (χ2v) is 8.42. The number of carboxylic acid groups (broad SMARTS) is 1. The van der Waals surface area contributed by atoms with Crippen LogP contribution < -0.4 is 4.74 Å². The number of benzene rings is 1. The number of carbonyl (C=O) groups is 1. The molecular formula is C25H23FN4O3. The minimum absolute atomic E-state index is 0.0723. The number of carboxylic acids is 1. The minimum Gasteiger partial charge on any atom is -0.481 e. The summed E-state index contributed by atoms with van der Waals surface area (Å²) in [6.45, 7) is 0. The maximum Gasteiger partial charge on any atom is 0.303 e. The van der Waals surface area contributed by atoms with Crippen LogP contribution in [-0.4, -0.2) is 37.1 Å². The van der Waals surface area contributed by atoms with Gasteiger partial charge in [-0.2, -0.15) is 0 Å². The molecule has 3 heterocycles. The standard InChI is InChI=1S/C25H23FN4O3/c26-18-5-9-21-22(12-18)30-25(29-21)17-3-8-20(27-14-17)16-4-10-23(28-13-16)33-19-6-1-15(2-7-19)11-24(31)32/h3-5,8-10,12-15,19H,1-2,6-7,11H2,(H,29,30)(H,31,32). The van der Waals surface area contributed by atoms with Crippen molar-refractivity contribution in [3.63, 3.8) is 0 Å². The fraction of sp³-hybridized carbons (Fsp3) is 0.280. The first-order valence-corrected chi connectivity index (χ1v) is 11.0. The second-order valence-electron chi connectivity index (χ2n) is 8.42. The van der Waals surface area contributed by atoms with Crippen LogP contribution in [0.5, 0.6) is 5.88 Å². The van der Waals surface area contributed by atoms with E-state index in [0.717, 1.165) is 42.5 Å². The van der Waals surface area contributed by atoms with E-state index >= 15 is 0 Å². The monoisotopic (exact) mass is 446 g/mol. The smallest absolute Gasteiger partial charge is 0.303 e. The molecule has 1 aliphatic carbocycles. The van der Waals surface area contributed by atoms with Crippen LogP contribution in [0.4, 0.5) is 4.39 Å². The molecule has 0 spiro atoms. The van der Waals surface area contributed by atoms with Gasteiger partial charge in [0.25, 0.3) is 0 Å². The summed E-state index contributed by atoms with van der Waals surface area (Å²) >= 11 is 0. The Bertz CT molecular complexity index is 1260. The zero-order valence-electron chi connectivity index (χ0n) is 17.9. The van der Waals surface area contributed by atoms with Crippen LogP contribution in [0, 0.1) is 11.7 Å². The largest absolute Gasteiger partial charge is 0.481 e. The van der Waals surface area contributed by atoms with Crippen molar-refractivity contribution >= 4 is 17.0 Å². The molecule has 1 saturated carbocycles. The van der Waals surface area contributed by atoms with Gasteiger partial charge < -0.3 is 14.8 Å². The van der Waals surface area contributed by atoms with E-state index in [1.54, 1.807) is 18.5 Å². The fourth-order valence-electron chi connectivity index (χ4n) is 4.30. The summed E-state index contributed by atoms with van der Waals surface area (Å²) in [5.41, 5.74) is 3.79. The first kappa shape index (κ1) is 21.1. The third-order valence-corrected chi connectivity index (χ3v) is 6.06. The summed E-state index contributed by atoms with van der Waals surface area (Å²) in [5.74, 6) is 0.400. The lowest BCUT2D eigenvalue weighted by Gasteiger charge is -2.27. The van der Waals surface area contributed by atoms with Crippen LogP contribution in [0.15, 0.2) is 54.9 Å². The molecule has 2 N–H and O–H groups in total. The van der Waals surface area contributed by atoms with Crippen molar-refractivity contribution in [2.45, 2.75) is 38.2 Å². The van der Waals surface area contributed by atoms with Crippen molar-refractivity contribution in [3.8, 4) is 28.5 Å². The van der Waals surface area contributed by atoms with Gasteiger partial charge in [-0.05, 0) is 68.0 Å². The first-order valence-electron chi connectivity index (χ1n) is 11.0. The Kier molecular flexibility index (Phi) is 5.73. The third-order valence-electron chi connectivity index (χ3n) is 6.06. The Labute approximate surface area is 189 Å². The zero-order chi connectivity index (χ0) is 22.8. The summed E-state index contributed by atoms with van der Waals surface area (Å²) < 4.78 is 19.4. The van der Waals surface area contributed by atoms with Gasteiger partial charge in [0, 0.05) is 36.0 Å². The molecule has 168 valence electrons. The van der Waals surface area contributed by atoms with Gasteiger partial charge >= 0.3 is 5.97 Å². The highest BCUT2D eigenvalue weighted by Gasteiger charge is 2.24. The van der Waals surface area contributed by atoms with Gasteiger partial charge in [0.1, 0.15) is 17.7 Å². The highest BCUT2D eigenvalue weighted by molar-refractivity contribution is 5.79. The van der Waals surface area contributed by atoms with Crippen molar-refractivity contribution in [1.82, 2.24) is 19.9 Å². The summed E-state index contributed by atoms with van der Waals surface area (Å²) in [4.78, 5) is 27.4. The maximum atomic E-state index is 13.4. The predicted octanol–water partition coefficient (Wildman–Crippen LogP) is 5.24. The number of ether oxygens (including phenoxy) is 1. The number of nitrogens with one attached hydrogen (secondary N) is 1. The molecule has 8 heteroatoms. The van der Waals surface area contributed by atoms with Gasteiger partial charge in [-0.1, -0.05) is 0 Å². The van der Waals surface area contributed by atoms with E-state index in [1.165, 1.54) is 12.1 Å². The van der Waals surface area contributed by atoms with Crippen molar-refractivity contribution in [1.29, 1.82) is 0 Å². The number of pyridine rings is 2. The normalized spacial score (nSPS) is 18.3. The first-order chi connectivity index (χ1) is 16.0. The molecule has 33 heavy (non-hydrogen) atoms. The topological polar surface area (TPSA) is 101 Å². The number of hydrogen-bond acceptors (Lipinski definition) is 5. The third kappa shape index (κ3) is 4.84. The number of aliphatic carboxylic acids is 1. The second kappa shape index (κ2) is 8.97. The van der Waals surface area contributed by atoms with E-state index in [2.05, 4.69) is 19.9 Å². The molecule has 1 fully saturated rings. The number of rotatable bonds is 6. The molecule has 3 aromatic heterocycles. The lowest BCUT2D eigenvalue weighted by molar-refractivity contribution is -0.138. The van der Waals surface area contributed by atoms with Crippen LogP contribution in [0.1, 0.15) is 32.1 Å². The Balaban J connectivity index is 1.22. The highest BCUT2D eigenvalue weighted by Crippen LogP contribution is 2.30. The summed E-state index contributed by atoms with van der Waals surface area (Å²) in [6.07, 6.45) is 7.19. The quantitative estimate of drug-likeness (QED) is 0.420. The van der Waals surface area contributed by atoms with Crippen LogP contribution >= 0.6 is 0 Å². The number of imidazole rings is 1. The molecule has 0 radical (unpaired) electrons. The van der Waals surface area contributed by atoms with Gasteiger partial charge in [-0.15, -0.1) is 0 Å². The van der Waals surface area contributed by atoms with Gasteiger partial charge in [-0.3, -0.25) is 9.78 Å². The van der Waals surface area contributed by atoms with Gasteiger partial charge in [0.2, 0.25) is 5.88 Å². The average Bonchev–Trinajstić information content (AvgIpc) is 3.24. The van der Waals surface area contributed by atoms with Crippen LogP contribution in [0.3, 0.4) is 0 Å². The van der Waals surface area contributed by atoms with Crippen molar-refractivity contribution < 1.29 is 19.0 Å². The fourth-order valence-corrected chi connectivity index (χ4v) is 4.30. The van der Waals surface area contributed by atoms with Crippen molar-refractivity contribution in [2.75, 3.05) is 0 Å². The van der Waals surface area contributed by atoms with Crippen LogP contribution in [0.2, 0.25) is 0 Å². The molecule has 4 aromatic rings. The predicted molar refractivity (Wildman–Crippen MR) is 121 cm³/mol. The molecule has 0 saturated heterocycles. The Morgan fingerprint density at radius 3 is 2.52 bits per heavy atom. The van der Waals surface area contributed by atoms with Gasteiger partial charge in [0.05, 0.1) is 16.7 Å². The highest BCUT2D eigenvalue weighted by atomic mass is 19.1. The number of nitrogens with zero attached hydrogens (tertiary/aromatic N) is 3. The molecule has 0 atom stereocenters. The maximum absolute atomic E-state index is 13.4. The molecule has 0 unspecified atom stereocenters. The van der Waals surface area contributed by atoms with E-state index in [4.69, 9.17) is 9.84 Å². The zero-order valence-corrected chi connectivity index (χ0v) is 17.9. The molecule has 0 aliphatic heterocycles. The molecular weight excluding hydrogens is 423 g/mol. The molecule has 0 amide bonds. The Hall–Kier alpha value is -3.81. The van der Waals surface area contributed by atoms with E-state index in [-0.39, 0.29) is 24.3 Å². The number of aromatic amines is 1. The van der Waals surface area contributed by atoms with Gasteiger partial charge in [0.15, 0.2) is 0 Å². The van der Waals surface area contributed by atoms with Crippen molar-refractivity contribution in [2.24, 2.45) is 5.92 Å². The molecule has 1 aliphatic rings. The minimum atomic E-state index is -0.730. The van der Waals surface area contributed by atoms with E-state index < -0.39 is 5.97 Å². The van der Waals surface area contributed by atoms with E-state index in [9.17, 15) is 9.18 Å². The number of halogens is 1. The van der Waals surface area contributed by atoms with E-state index in [0.29, 0.717) is 22.7 Å². The molecule has 1 aromatic carbocycles. The van der Waals surface area contributed by atoms with Crippen molar-refractivity contribution in [3.05, 3.63) is 60.7 Å².